The number of ether oxygens (including phenoxy) is 1. The summed E-state index contributed by atoms with van der Waals surface area (Å²) in [7, 11) is 0. The molecule has 1 fully saturated rings. The predicted octanol–water partition coefficient (Wildman–Crippen LogP) is 3.34. The molecule has 27 heavy (non-hydrogen) atoms. The van der Waals surface area contributed by atoms with Gasteiger partial charge in [0.15, 0.2) is 6.61 Å². The summed E-state index contributed by atoms with van der Waals surface area (Å²) in [5.74, 6) is 0.123. The number of piperazine rings is 1. The van der Waals surface area contributed by atoms with E-state index in [2.05, 4.69) is 6.07 Å². The molecule has 7 heteroatoms. The second-order valence-corrected chi connectivity index (χ2v) is 7.53. The standard InChI is InChI=1S/C20H18Cl2N2O3/c21-14-5-6-18(16(22)9-14)27-12-20(26)23-10-17-15-4-2-1-3-13(15)7-8-24(17)19(25)11-23/h1-6,9,17H,7-8,10-12H2/t17-/m1/s1. The van der Waals surface area contributed by atoms with Gasteiger partial charge in [-0.15, -0.1) is 0 Å². The Bertz CT molecular complexity index is 903. The molecule has 0 bridgehead atoms. The van der Waals surface area contributed by atoms with Crippen molar-refractivity contribution in [1.82, 2.24) is 9.80 Å². The molecule has 0 unspecified atom stereocenters. The molecule has 0 spiro atoms. The Morgan fingerprint density at radius 2 is 2.00 bits per heavy atom. The molecule has 2 aliphatic heterocycles. The van der Waals surface area contributed by atoms with Crippen LogP contribution < -0.4 is 4.74 Å². The van der Waals surface area contributed by atoms with E-state index in [0.717, 1.165) is 12.0 Å². The first kappa shape index (κ1) is 18.1. The van der Waals surface area contributed by atoms with Crippen molar-refractivity contribution >= 4 is 35.0 Å². The summed E-state index contributed by atoms with van der Waals surface area (Å²) in [6.07, 6.45) is 0.852. The molecule has 5 nitrogen and oxygen atoms in total. The lowest BCUT2D eigenvalue weighted by molar-refractivity contribution is -0.150. The largest absolute Gasteiger partial charge is 0.482 e. The van der Waals surface area contributed by atoms with Crippen LogP contribution in [0, 0.1) is 0 Å². The van der Waals surface area contributed by atoms with Gasteiger partial charge in [0, 0.05) is 18.1 Å². The van der Waals surface area contributed by atoms with Crippen molar-refractivity contribution in [2.75, 3.05) is 26.2 Å². The number of benzene rings is 2. The van der Waals surface area contributed by atoms with Gasteiger partial charge in [0.05, 0.1) is 17.6 Å². The zero-order valence-electron chi connectivity index (χ0n) is 14.5. The van der Waals surface area contributed by atoms with Gasteiger partial charge < -0.3 is 14.5 Å². The van der Waals surface area contributed by atoms with Crippen molar-refractivity contribution in [3.8, 4) is 5.75 Å². The molecule has 2 aromatic carbocycles. The number of hydrogen-bond donors (Lipinski definition) is 0. The van der Waals surface area contributed by atoms with E-state index in [4.69, 9.17) is 27.9 Å². The van der Waals surface area contributed by atoms with E-state index in [1.54, 1.807) is 23.1 Å². The summed E-state index contributed by atoms with van der Waals surface area (Å²) >= 11 is 11.9. The Kier molecular flexibility index (Phi) is 4.98. The Morgan fingerprint density at radius 3 is 2.81 bits per heavy atom. The minimum absolute atomic E-state index is 0.0290. The normalized spacial score (nSPS) is 18.7. The molecule has 2 aliphatic rings. The van der Waals surface area contributed by atoms with Crippen LogP contribution in [-0.4, -0.2) is 47.9 Å². The number of rotatable bonds is 3. The Labute approximate surface area is 167 Å². The molecule has 0 aliphatic carbocycles. The van der Waals surface area contributed by atoms with E-state index in [0.29, 0.717) is 28.9 Å². The van der Waals surface area contributed by atoms with Gasteiger partial charge >= 0.3 is 0 Å². The van der Waals surface area contributed by atoms with Gasteiger partial charge in [-0.25, -0.2) is 0 Å². The molecule has 0 N–H and O–H groups in total. The number of nitrogens with zero attached hydrogens (tertiary/aromatic N) is 2. The van der Waals surface area contributed by atoms with Crippen molar-refractivity contribution in [2.45, 2.75) is 12.5 Å². The van der Waals surface area contributed by atoms with Crippen LogP contribution in [0.5, 0.6) is 5.75 Å². The highest BCUT2D eigenvalue weighted by molar-refractivity contribution is 6.35. The van der Waals surface area contributed by atoms with Crippen molar-refractivity contribution in [2.24, 2.45) is 0 Å². The van der Waals surface area contributed by atoms with Gasteiger partial charge in [-0.05, 0) is 35.7 Å². The molecule has 0 aromatic heterocycles. The van der Waals surface area contributed by atoms with Crippen molar-refractivity contribution in [3.63, 3.8) is 0 Å². The fourth-order valence-corrected chi connectivity index (χ4v) is 4.15. The third-order valence-electron chi connectivity index (χ3n) is 5.05. The topological polar surface area (TPSA) is 49.9 Å². The van der Waals surface area contributed by atoms with Gasteiger partial charge in [0.2, 0.25) is 5.91 Å². The van der Waals surface area contributed by atoms with Gasteiger partial charge in [0.1, 0.15) is 5.75 Å². The first-order valence-corrected chi connectivity index (χ1v) is 9.51. The third-order valence-corrected chi connectivity index (χ3v) is 5.58. The molecular weight excluding hydrogens is 387 g/mol. The van der Waals surface area contributed by atoms with E-state index in [-0.39, 0.29) is 31.0 Å². The number of halogens is 2. The van der Waals surface area contributed by atoms with E-state index >= 15 is 0 Å². The van der Waals surface area contributed by atoms with E-state index in [1.807, 2.05) is 23.1 Å². The highest BCUT2D eigenvalue weighted by atomic mass is 35.5. The van der Waals surface area contributed by atoms with Crippen molar-refractivity contribution in [1.29, 1.82) is 0 Å². The summed E-state index contributed by atoms with van der Waals surface area (Å²) in [5.41, 5.74) is 2.36. The minimum Gasteiger partial charge on any atom is -0.482 e. The number of carbonyl (C=O) groups is 2. The maximum Gasteiger partial charge on any atom is 0.261 e. The second kappa shape index (κ2) is 7.41. The molecule has 4 rings (SSSR count). The van der Waals surface area contributed by atoms with Crippen molar-refractivity contribution < 1.29 is 14.3 Å². The van der Waals surface area contributed by atoms with Crippen LogP contribution in [0.15, 0.2) is 42.5 Å². The highest BCUT2D eigenvalue weighted by Crippen LogP contribution is 2.33. The third kappa shape index (κ3) is 3.62. The second-order valence-electron chi connectivity index (χ2n) is 6.69. The van der Waals surface area contributed by atoms with E-state index in [9.17, 15) is 9.59 Å². The number of amides is 2. The number of carbonyl (C=O) groups excluding carboxylic acids is 2. The lowest BCUT2D eigenvalue weighted by atomic mass is 9.91. The lowest BCUT2D eigenvalue weighted by Gasteiger charge is -2.44. The van der Waals surface area contributed by atoms with E-state index < -0.39 is 0 Å². The zero-order chi connectivity index (χ0) is 19.0. The molecule has 2 amide bonds. The fraction of sp³-hybridized carbons (Fsp3) is 0.300. The van der Waals surface area contributed by atoms with Crippen LogP contribution in [-0.2, 0) is 16.0 Å². The quantitative estimate of drug-likeness (QED) is 0.787. The summed E-state index contributed by atoms with van der Waals surface area (Å²) in [5, 5.41) is 0.841. The van der Waals surface area contributed by atoms with Gasteiger partial charge in [-0.1, -0.05) is 47.5 Å². The van der Waals surface area contributed by atoms with Crippen LogP contribution in [0.25, 0.3) is 0 Å². The SMILES string of the molecule is O=C(COc1ccc(Cl)cc1Cl)N1CC(=O)N2CCc3ccccc3[C@H]2C1. The molecule has 140 valence electrons. The highest BCUT2D eigenvalue weighted by Gasteiger charge is 2.38. The van der Waals surface area contributed by atoms with Crippen LogP contribution in [0.2, 0.25) is 10.0 Å². The van der Waals surface area contributed by atoms with Crippen LogP contribution in [0.1, 0.15) is 17.2 Å². The average Bonchev–Trinajstić information content (AvgIpc) is 2.66. The maximum atomic E-state index is 12.6. The van der Waals surface area contributed by atoms with Crippen LogP contribution in [0.4, 0.5) is 0 Å². The summed E-state index contributed by atoms with van der Waals surface area (Å²) in [6, 6.07) is 12.8. The Hall–Kier alpha value is -2.24. The van der Waals surface area contributed by atoms with Crippen LogP contribution in [0.3, 0.4) is 0 Å². The van der Waals surface area contributed by atoms with Gasteiger partial charge in [-0.2, -0.15) is 0 Å². The van der Waals surface area contributed by atoms with Crippen molar-refractivity contribution in [3.05, 3.63) is 63.6 Å². The molecule has 1 atom stereocenters. The first-order chi connectivity index (χ1) is 13.0. The zero-order valence-corrected chi connectivity index (χ0v) is 16.0. The predicted molar refractivity (Wildman–Crippen MR) is 103 cm³/mol. The lowest BCUT2D eigenvalue weighted by Crippen LogP contribution is -2.56. The Morgan fingerprint density at radius 1 is 1.19 bits per heavy atom. The number of hydrogen-bond acceptors (Lipinski definition) is 3. The van der Waals surface area contributed by atoms with Crippen LogP contribution >= 0.6 is 23.2 Å². The minimum atomic E-state index is -0.239. The molecule has 2 aromatic rings. The average molecular weight is 405 g/mol. The summed E-state index contributed by atoms with van der Waals surface area (Å²) in [4.78, 5) is 28.7. The maximum absolute atomic E-state index is 12.6. The first-order valence-electron chi connectivity index (χ1n) is 8.76. The molecule has 0 radical (unpaired) electrons. The molecular formula is C20H18Cl2N2O3. The van der Waals surface area contributed by atoms with E-state index in [1.165, 1.54) is 5.56 Å². The van der Waals surface area contributed by atoms with Gasteiger partial charge in [0.25, 0.3) is 5.91 Å². The fourth-order valence-electron chi connectivity index (χ4n) is 3.69. The molecule has 2 heterocycles. The monoisotopic (exact) mass is 404 g/mol. The Balaban J connectivity index is 1.47. The molecule has 1 saturated heterocycles. The smallest absolute Gasteiger partial charge is 0.261 e. The summed E-state index contributed by atoms with van der Waals surface area (Å²) < 4.78 is 5.54. The summed E-state index contributed by atoms with van der Waals surface area (Å²) in [6.45, 7) is 1.07. The number of fused-ring (bicyclic) bond motifs is 3. The van der Waals surface area contributed by atoms with Gasteiger partial charge in [-0.3, -0.25) is 9.59 Å². The molecule has 0 saturated carbocycles.